The summed E-state index contributed by atoms with van der Waals surface area (Å²) >= 11 is 0. The molecule has 1 aromatic rings. The molecule has 0 bridgehead atoms. The molecule has 1 unspecified atom stereocenters. The number of rotatable bonds is 10. The minimum absolute atomic E-state index is 0. The second-order valence-electron chi connectivity index (χ2n) is 7.77. The van der Waals surface area contributed by atoms with Gasteiger partial charge in [-0.2, -0.15) is 0 Å². The molecule has 2 rings (SSSR count). The molecule has 8 heteroatoms. The van der Waals surface area contributed by atoms with Crippen molar-refractivity contribution in [1.82, 2.24) is 20.9 Å². The number of hydrogen-bond donors (Lipinski definition) is 3. The van der Waals surface area contributed by atoms with E-state index in [0.29, 0.717) is 24.5 Å². The number of hydrogen-bond acceptors (Lipinski definition) is 4. The minimum Gasteiger partial charge on any atom is -0.379 e. The molecular formula is C22H38IN5O2. The number of nitrogens with one attached hydrogen (secondary N) is 3. The normalized spacial score (nSPS) is 15.9. The predicted molar refractivity (Wildman–Crippen MR) is 133 cm³/mol. The fraction of sp³-hybridized carbons (Fsp3) is 0.636. The molecule has 7 nitrogen and oxygen atoms in total. The molecule has 1 aliphatic rings. The first-order valence-electron chi connectivity index (χ1n) is 10.7. The summed E-state index contributed by atoms with van der Waals surface area (Å²) in [4.78, 5) is 19.1. The zero-order valence-corrected chi connectivity index (χ0v) is 20.9. The maximum absolute atomic E-state index is 12.2. The van der Waals surface area contributed by atoms with E-state index in [4.69, 9.17) is 4.74 Å². The van der Waals surface area contributed by atoms with Gasteiger partial charge < -0.3 is 20.7 Å². The number of halogens is 1. The Kier molecular flexibility index (Phi) is 13.7. The average Bonchev–Trinajstić information content (AvgIpc) is 2.74. The highest BCUT2D eigenvalue weighted by molar-refractivity contribution is 14.0. The van der Waals surface area contributed by atoms with Gasteiger partial charge in [0.2, 0.25) is 5.91 Å². The van der Waals surface area contributed by atoms with Gasteiger partial charge in [-0.25, -0.2) is 4.99 Å². The van der Waals surface area contributed by atoms with Crippen molar-refractivity contribution >= 4 is 35.8 Å². The van der Waals surface area contributed by atoms with E-state index in [2.05, 4.69) is 39.7 Å². The van der Waals surface area contributed by atoms with E-state index in [9.17, 15) is 4.79 Å². The fourth-order valence-corrected chi connectivity index (χ4v) is 3.41. The Morgan fingerprint density at radius 2 is 1.83 bits per heavy atom. The highest BCUT2D eigenvalue weighted by Crippen LogP contribution is 2.13. The van der Waals surface area contributed by atoms with Gasteiger partial charge in [0.05, 0.1) is 13.2 Å². The third-order valence-corrected chi connectivity index (χ3v) is 4.87. The molecular weight excluding hydrogens is 493 g/mol. The van der Waals surface area contributed by atoms with Crippen molar-refractivity contribution in [1.29, 1.82) is 0 Å². The van der Waals surface area contributed by atoms with Gasteiger partial charge in [-0.3, -0.25) is 9.69 Å². The Labute approximate surface area is 198 Å². The van der Waals surface area contributed by atoms with E-state index in [0.717, 1.165) is 51.4 Å². The lowest BCUT2D eigenvalue weighted by molar-refractivity contribution is -0.119. The molecule has 1 aromatic carbocycles. The van der Waals surface area contributed by atoms with Crippen LogP contribution >= 0.6 is 24.0 Å². The molecule has 1 saturated heterocycles. The van der Waals surface area contributed by atoms with Gasteiger partial charge in [-0.15, -0.1) is 24.0 Å². The summed E-state index contributed by atoms with van der Waals surface area (Å²) in [5.41, 5.74) is 1.08. The second-order valence-corrected chi connectivity index (χ2v) is 7.77. The summed E-state index contributed by atoms with van der Waals surface area (Å²) in [5, 5.41) is 9.58. The van der Waals surface area contributed by atoms with E-state index >= 15 is 0 Å². The van der Waals surface area contributed by atoms with Crippen molar-refractivity contribution in [2.24, 2.45) is 10.9 Å². The fourth-order valence-electron chi connectivity index (χ4n) is 3.41. The first-order chi connectivity index (χ1) is 14.1. The molecule has 0 saturated carbocycles. The maximum Gasteiger partial charge on any atom is 0.242 e. The number of guanidine groups is 1. The van der Waals surface area contributed by atoms with Gasteiger partial charge in [0.15, 0.2) is 5.96 Å². The molecule has 170 valence electrons. The number of nitrogens with zero attached hydrogens (tertiary/aromatic N) is 2. The lowest BCUT2D eigenvalue weighted by Gasteiger charge is -2.35. The third-order valence-electron chi connectivity index (χ3n) is 4.87. The van der Waals surface area contributed by atoms with Crippen LogP contribution in [-0.4, -0.2) is 68.7 Å². The van der Waals surface area contributed by atoms with Crippen LogP contribution in [-0.2, 0) is 16.1 Å². The smallest absolute Gasteiger partial charge is 0.242 e. The van der Waals surface area contributed by atoms with Gasteiger partial charge in [0, 0.05) is 38.8 Å². The van der Waals surface area contributed by atoms with Crippen molar-refractivity contribution in [3.63, 3.8) is 0 Å². The molecule has 1 heterocycles. The number of amides is 1. The van der Waals surface area contributed by atoms with Gasteiger partial charge in [-0.05, 0) is 24.8 Å². The van der Waals surface area contributed by atoms with E-state index in [1.165, 1.54) is 0 Å². The van der Waals surface area contributed by atoms with Crippen LogP contribution in [0.25, 0.3) is 0 Å². The lowest BCUT2D eigenvalue weighted by Crippen LogP contribution is -2.51. The molecule has 0 radical (unpaired) electrons. The summed E-state index contributed by atoms with van der Waals surface area (Å²) in [6.07, 6.45) is 1.12. The molecule has 1 amide bonds. The summed E-state index contributed by atoms with van der Waals surface area (Å²) in [6, 6.07) is 10.3. The van der Waals surface area contributed by atoms with Gasteiger partial charge in [0.1, 0.15) is 6.54 Å². The van der Waals surface area contributed by atoms with Crippen LogP contribution in [0.2, 0.25) is 0 Å². The zero-order chi connectivity index (χ0) is 20.9. The first kappa shape index (κ1) is 26.6. The Hall–Kier alpha value is -1.39. The van der Waals surface area contributed by atoms with Crippen molar-refractivity contribution < 1.29 is 9.53 Å². The van der Waals surface area contributed by atoms with Crippen molar-refractivity contribution in [2.45, 2.75) is 39.8 Å². The first-order valence-corrected chi connectivity index (χ1v) is 10.7. The molecule has 1 aliphatic heterocycles. The molecule has 3 N–H and O–H groups in total. The number of aliphatic imine (C=N–C) groups is 1. The van der Waals surface area contributed by atoms with E-state index < -0.39 is 0 Å². The Morgan fingerprint density at radius 3 is 2.47 bits per heavy atom. The predicted octanol–water partition coefficient (Wildman–Crippen LogP) is 2.22. The zero-order valence-electron chi connectivity index (χ0n) is 18.5. The number of carbonyl (C=O) groups is 1. The molecule has 30 heavy (non-hydrogen) atoms. The number of ether oxygens (including phenoxy) is 1. The Bertz CT molecular complexity index is 621. The summed E-state index contributed by atoms with van der Waals surface area (Å²) in [6.45, 7) is 12.2. The molecule has 1 fully saturated rings. The summed E-state index contributed by atoms with van der Waals surface area (Å²) in [5.74, 6) is 1.22. The maximum atomic E-state index is 12.2. The highest BCUT2D eigenvalue weighted by Gasteiger charge is 2.22. The van der Waals surface area contributed by atoms with Crippen LogP contribution in [0.4, 0.5) is 0 Å². The average molecular weight is 531 g/mol. The molecule has 0 spiro atoms. The van der Waals surface area contributed by atoms with Gasteiger partial charge in [-0.1, -0.05) is 44.2 Å². The van der Waals surface area contributed by atoms with Crippen molar-refractivity contribution in [2.75, 3.05) is 45.9 Å². The summed E-state index contributed by atoms with van der Waals surface area (Å²) < 4.78 is 5.50. The van der Waals surface area contributed by atoms with Crippen LogP contribution in [0.15, 0.2) is 35.3 Å². The topological polar surface area (TPSA) is 78.0 Å². The molecule has 1 atom stereocenters. The van der Waals surface area contributed by atoms with Crippen molar-refractivity contribution in [3.05, 3.63) is 35.9 Å². The highest BCUT2D eigenvalue weighted by atomic mass is 127. The van der Waals surface area contributed by atoms with Crippen LogP contribution in [0, 0.1) is 5.92 Å². The van der Waals surface area contributed by atoms with Crippen LogP contribution < -0.4 is 16.0 Å². The van der Waals surface area contributed by atoms with E-state index in [-0.39, 0.29) is 36.4 Å². The molecule has 0 aromatic heterocycles. The number of benzene rings is 1. The van der Waals surface area contributed by atoms with E-state index in [1.807, 2.05) is 37.3 Å². The monoisotopic (exact) mass is 531 g/mol. The number of morpholine rings is 1. The van der Waals surface area contributed by atoms with Crippen molar-refractivity contribution in [3.8, 4) is 0 Å². The lowest BCUT2D eigenvalue weighted by atomic mass is 10.0. The standard InChI is InChI=1S/C22H37N5O2.HI/c1-4-23-22(26-17-21(28)24-15-19-8-6-5-7-9-19)25-16-20(14-18(2)3)27-10-12-29-13-11-27;/h5-9,18,20H,4,10-17H2,1-3H3,(H,24,28)(H2,23,25,26);1H. The number of carbonyl (C=O) groups excluding carboxylic acids is 1. The second kappa shape index (κ2) is 15.4. The van der Waals surface area contributed by atoms with Crippen LogP contribution in [0.5, 0.6) is 0 Å². The minimum atomic E-state index is -0.0852. The quantitative estimate of drug-likeness (QED) is 0.245. The van der Waals surface area contributed by atoms with Crippen LogP contribution in [0.1, 0.15) is 32.8 Å². The molecule has 0 aliphatic carbocycles. The third kappa shape index (κ3) is 10.6. The Balaban J connectivity index is 0.00000450. The van der Waals surface area contributed by atoms with E-state index in [1.54, 1.807) is 0 Å². The van der Waals surface area contributed by atoms with Gasteiger partial charge in [0.25, 0.3) is 0 Å². The van der Waals surface area contributed by atoms with Crippen LogP contribution in [0.3, 0.4) is 0 Å². The SMILES string of the molecule is CCNC(=NCC(=O)NCc1ccccc1)NCC(CC(C)C)N1CCOCC1.I. The van der Waals surface area contributed by atoms with Gasteiger partial charge >= 0.3 is 0 Å². The summed E-state index contributed by atoms with van der Waals surface area (Å²) in [7, 11) is 0. The Morgan fingerprint density at radius 1 is 1.13 bits per heavy atom. The largest absolute Gasteiger partial charge is 0.379 e.